The van der Waals surface area contributed by atoms with Gasteiger partial charge in [0.15, 0.2) is 0 Å². The molecule has 0 bridgehead atoms. The van der Waals surface area contributed by atoms with Gasteiger partial charge in [0, 0.05) is 41.7 Å². The van der Waals surface area contributed by atoms with Crippen LogP contribution in [0, 0.1) is 41.7 Å². The first-order valence-electron chi connectivity index (χ1n) is 3.33. The van der Waals surface area contributed by atoms with Crippen molar-refractivity contribution in [1.82, 2.24) is 0 Å². The molecule has 0 saturated heterocycles. The summed E-state index contributed by atoms with van der Waals surface area (Å²) in [6, 6.07) is 8.50. The summed E-state index contributed by atoms with van der Waals surface area (Å²) >= 11 is 0. The zero-order valence-electron chi connectivity index (χ0n) is 6.81. The van der Waals surface area contributed by atoms with Gasteiger partial charge in [-0.3, -0.25) is 0 Å². The molecule has 0 radical (unpaired) electrons. The van der Waals surface area contributed by atoms with E-state index in [1.807, 2.05) is 0 Å². The van der Waals surface area contributed by atoms with Crippen LogP contribution in [0.15, 0.2) is 24.3 Å². The molecule has 0 N–H and O–H groups in total. The van der Waals surface area contributed by atoms with Crippen LogP contribution in [0.2, 0.25) is 0 Å². The molecule has 10 heavy (non-hydrogen) atoms. The summed E-state index contributed by atoms with van der Waals surface area (Å²) in [7, 11) is 0. The van der Waals surface area contributed by atoms with Gasteiger partial charge in [0.1, 0.15) is 0 Å². The molecule has 0 atom stereocenters. The maximum Gasteiger partial charge on any atom is 0 e. The van der Waals surface area contributed by atoms with E-state index in [2.05, 4.69) is 45.0 Å². The van der Waals surface area contributed by atoms with Gasteiger partial charge in [-0.05, 0) is 0 Å². The van der Waals surface area contributed by atoms with E-state index in [0.29, 0.717) is 5.41 Å². The largest absolute Gasteiger partial charge is 0.213 e. The van der Waals surface area contributed by atoms with Crippen LogP contribution >= 0.6 is 0 Å². The van der Waals surface area contributed by atoms with Crippen LogP contribution < -0.4 is 0 Å². The average molecular weight is 261 g/mol. The normalized spacial score (nSPS) is 10.7. The van der Waals surface area contributed by atoms with Gasteiger partial charge >= 0.3 is 0 Å². The van der Waals surface area contributed by atoms with Crippen LogP contribution in [0.3, 0.4) is 0 Å². The molecular weight excluding hydrogens is 248 g/mol. The topological polar surface area (TPSA) is 0 Å². The first-order valence-corrected chi connectivity index (χ1v) is 3.33. The smallest absolute Gasteiger partial charge is 0 e. The van der Waals surface area contributed by atoms with Gasteiger partial charge in [-0.25, -0.2) is 12.1 Å². The molecule has 0 aliphatic heterocycles. The summed E-state index contributed by atoms with van der Waals surface area (Å²) in [6.45, 7) is 6.67. The van der Waals surface area contributed by atoms with Crippen molar-refractivity contribution in [2.45, 2.75) is 26.2 Å². The molecule has 1 rings (SSSR count). The van der Waals surface area contributed by atoms with Crippen molar-refractivity contribution in [2.75, 3.05) is 0 Å². The third-order valence-electron chi connectivity index (χ3n) is 1.53. The van der Waals surface area contributed by atoms with Crippen LogP contribution in [0.4, 0.5) is 0 Å². The Morgan fingerprint density at radius 1 is 1.00 bits per heavy atom. The standard InChI is InChI=1S/C9H13.Ce/c1-9(2,3)8-6-4-5-7-8;/h4-7H,1-3H3;/q-1;. The Kier molecular flexibility index (Phi) is 4.22. The van der Waals surface area contributed by atoms with Crippen LogP contribution in [0.25, 0.3) is 0 Å². The van der Waals surface area contributed by atoms with Gasteiger partial charge < -0.3 is 0 Å². The molecule has 0 nitrogen and oxygen atoms in total. The summed E-state index contributed by atoms with van der Waals surface area (Å²) in [4.78, 5) is 0. The van der Waals surface area contributed by atoms with Gasteiger partial charge in [0.05, 0.1) is 0 Å². The van der Waals surface area contributed by atoms with E-state index < -0.39 is 0 Å². The Hall–Kier alpha value is 0.727. The van der Waals surface area contributed by atoms with Crippen molar-refractivity contribution in [2.24, 2.45) is 0 Å². The molecule has 1 heteroatoms. The molecule has 54 valence electrons. The average Bonchev–Trinajstić information content (AvgIpc) is 2.08. The Morgan fingerprint density at radius 2 is 1.40 bits per heavy atom. The molecule has 0 aliphatic rings. The van der Waals surface area contributed by atoms with Gasteiger partial charge in [-0.2, -0.15) is 17.7 Å². The predicted octanol–water partition coefficient (Wildman–Crippen LogP) is 2.70. The van der Waals surface area contributed by atoms with E-state index in [0.717, 1.165) is 0 Å². The minimum absolute atomic E-state index is 0. The van der Waals surface area contributed by atoms with Crippen LogP contribution in [-0.4, -0.2) is 0 Å². The number of hydrogen-bond acceptors (Lipinski definition) is 0. The summed E-state index contributed by atoms with van der Waals surface area (Å²) in [5, 5.41) is 0. The monoisotopic (exact) mass is 261 g/mol. The van der Waals surface area contributed by atoms with Crippen molar-refractivity contribution < 1.29 is 41.7 Å². The van der Waals surface area contributed by atoms with Crippen molar-refractivity contribution in [3.05, 3.63) is 29.8 Å². The molecule has 0 unspecified atom stereocenters. The van der Waals surface area contributed by atoms with Crippen molar-refractivity contribution in [3.8, 4) is 0 Å². The Labute approximate surface area is 96.8 Å². The minimum Gasteiger partial charge on any atom is -0.213 e. The molecular formula is C9H13Ce-. The second-order valence-corrected chi connectivity index (χ2v) is 3.42. The maximum atomic E-state index is 2.22. The molecule has 1 aromatic carbocycles. The quantitative estimate of drug-likeness (QED) is 0.630. The van der Waals surface area contributed by atoms with Crippen molar-refractivity contribution in [3.63, 3.8) is 0 Å². The molecule has 0 aromatic heterocycles. The van der Waals surface area contributed by atoms with Gasteiger partial charge in [0.25, 0.3) is 0 Å². The van der Waals surface area contributed by atoms with E-state index in [1.165, 1.54) is 5.56 Å². The fraction of sp³-hybridized carbons (Fsp3) is 0.444. The number of rotatable bonds is 0. The van der Waals surface area contributed by atoms with E-state index >= 15 is 0 Å². The molecule has 1 aromatic rings. The summed E-state index contributed by atoms with van der Waals surface area (Å²) in [5.41, 5.74) is 1.74. The zero-order chi connectivity index (χ0) is 6.91. The summed E-state index contributed by atoms with van der Waals surface area (Å²) in [6.07, 6.45) is 0. The molecule has 0 saturated carbocycles. The Morgan fingerprint density at radius 3 is 1.60 bits per heavy atom. The van der Waals surface area contributed by atoms with Crippen LogP contribution in [-0.2, 0) is 5.41 Å². The maximum absolute atomic E-state index is 2.22. The summed E-state index contributed by atoms with van der Waals surface area (Å²) < 4.78 is 0. The molecule has 0 heterocycles. The molecule has 0 spiro atoms. The minimum atomic E-state index is 0. The van der Waals surface area contributed by atoms with E-state index in [-0.39, 0.29) is 41.7 Å². The van der Waals surface area contributed by atoms with Gasteiger partial charge in [-0.15, -0.1) is 0 Å². The fourth-order valence-corrected chi connectivity index (χ4v) is 0.874. The van der Waals surface area contributed by atoms with Crippen molar-refractivity contribution >= 4 is 0 Å². The summed E-state index contributed by atoms with van der Waals surface area (Å²) in [5.74, 6) is 0. The Bertz CT molecular complexity index is 167. The van der Waals surface area contributed by atoms with Gasteiger partial charge in [0.2, 0.25) is 0 Å². The van der Waals surface area contributed by atoms with Gasteiger partial charge in [-0.1, -0.05) is 26.2 Å². The Balaban J connectivity index is 0.000000810. The first kappa shape index (κ1) is 10.7. The molecule has 0 amide bonds. The van der Waals surface area contributed by atoms with E-state index in [4.69, 9.17) is 0 Å². The van der Waals surface area contributed by atoms with Crippen molar-refractivity contribution in [1.29, 1.82) is 0 Å². The number of hydrogen-bond donors (Lipinski definition) is 0. The zero-order valence-corrected chi connectivity index (χ0v) is 9.95. The predicted molar refractivity (Wildman–Crippen MR) is 40.7 cm³/mol. The molecule has 0 aliphatic carbocycles. The van der Waals surface area contributed by atoms with Crippen LogP contribution in [0.1, 0.15) is 26.3 Å². The second kappa shape index (κ2) is 3.93. The SMILES string of the molecule is CC(C)(C)[c-]1cccc1.[Ce]. The van der Waals surface area contributed by atoms with E-state index in [1.54, 1.807) is 0 Å². The first-order chi connectivity index (χ1) is 4.11. The second-order valence-electron chi connectivity index (χ2n) is 3.42. The third kappa shape index (κ3) is 2.77. The molecule has 0 fully saturated rings. The third-order valence-corrected chi connectivity index (χ3v) is 1.53. The fourth-order valence-electron chi connectivity index (χ4n) is 0.874. The van der Waals surface area contributed by atoms with E-state index in [9.17, 15) is 0 Å². The van der Waals surface area contributed by atoms with Crippen LogP contribution in [0.5, 0.6) is 0 Å².